The first-order chi connectivity index (χ1) is 13.3. The minimum Gasteiger partial charge on any atom is -0.457 e. The number of nitrogens with zero attached hydrogens (tertiary/aromatic N) is 2. The van der Waals surface area contributed by atoms with Gasteiger partial charge in [0, 0.05) is 27.2 Å². The topological polar surface area (TPSA) is 66.9 Å². The largest absolute Gasteiger partial charge is 0.457 e. The Labute approximate surface area is 164 Å². The van der Waals surface area contributed by atoms with Crippen LogP contribution in [0.1, 0.15) is 28.8 Å². The van der Waals surface area contributed by atoms with Crippen LogP contribution < -0.4 is 4.90 Å². The molecule has 3 rings (SSSR count). The molecule has 1 aliphatic rings. The summed E-state index contributed by atoms with van der Waals surface area (Å²) in [4.78, 5) is 14.9. The van der Waals surface area contributed by atoms with Crippen LogP contribution in [-0.2, 0) is 21.4 Å². The molecule has 0 radical (unpaired) electrons. The standard InChI is InChI=1S/C20H23FN2O4S/c1-22(2)28(25,26)17-8-9-19(23-10-3-4-11-23)18(13-17)20(24)27-14-15-6-5-7-16(21)12-15/h5-9,12-13H,3-4,10-11,14H2,1-2H3. The van der Waals surface area contributed by atoms with Crippen molar-refractivity contribution in [2.75, 3.05) is 32.1 Å². The van der Waals surface area contributed by atoms with Gasteiger partial charge in [-0.05, 0) is 48.7 Å². The summed E-state index contributed by atoms with van der Waals surface area (Å²) in [5.41, 5.74) is 1.37. The van der Waals surface area contributed by atoms with Crippen LogP contribution in [0.2, 0.25) is 0 Å². The van der Waals surface area contributed by atoms with E-state index in [4.69, 9.17) is 4.74 Å². The lowest BCUT2D eigenvalue weighted by Crippen LogP contribution is -2.24. The second-order valence-corrected chi connectivity index (χ2v) is 9.02. The Morgan fingerprint density at radius 1 is 1.14 bits per heavy atom. The lowest BCUT2D eigenvalue weighted by molar-refractivity contribution is 0.0473. The predicted octanol–water partition coefficient (Wildman–Crippen LogP) is 3.03. The Morgan fingerprint density at radius 3 is 2.50 bits per heavy atom. The highest BCUT2D eigenvalue weighted by Crippen LogP contribution is 2.29. The van der Waals surface area contributed by atoms with Gasteiger partial charge in [0.1, 0.15) is 12.4 Å². The maximum Gasteiger partial charge on any atom is 0.340 e. The van der Waals surface area contributed by atoms with Crippen molar-refractivity contribution in [1.29, 1.82) is 0 Å². The van der Waals surface area contributed by atoms with Gasteiger partial charge in [-0.25, -0.2) is 21.9 Å². The third-order valence-corrected chi connectivity index (χ3v) is 6.48. The van der Waals surface area contributed by atoms with E-state index in [1.165, 1.54) is 38.4 Å². The molecule has 0 bridgehead atoms. The van der Waals surface area contributed by atoms with Crippen molar-refractivity contribution in [2.24, 2.45) is 0 Å². The number of halogens is 1. The number of hydrogen-bond donors (Lipinski definition) is 0. The van der Waals surface area contributed by atoms with Crippen molar-refractivity contribution in [3.05, 3.63) is 59.4 Å². The van der Waals surface area contributed by atoms with Crippen molar-refractivity contribution in [1.82, 2.24) is 4.31 Å². The normalized spacial score (nSPS) is 14.5. The summed E-state index contributed by atoms with van der Waals surface area (Å²) >= 11 is 0. The van der Waals surface area contributed by atoms with Crippen LogP contribution in [0.5, 0.6) is 0 Å². The van der Waals surface area contributed by atoms with E-state index < -0.39 is 21.8 Å². The van der Waals surface area contributed by atoms with Crippen molar-refractivity contribution < 1.29 is 22.3 Å². The Bertz CT molecular complexity index is 970. The third-order valence-electron chi connectivity index (χ3n) is 4.67. The van der Waals surface area contributed by atoms with E-state index in [-0.39, 0.29) is 17.1 Å². The highest BCUT2D eigenvalue weighted by Gasteiger charge is 2.25. The summed E-state index contributed by atoms with van der Waals surface area (Å²) in [5.74, 6) is -1.05. The van der Waals surface area contributed by atoms with Crippen molar-refractivity contribution >= 4 is 21.7 Å². The molecule has 0 aliphatic carbocycles. The molecule has 6 nitrogen and oxygen atoms in total. The highest BCUT2D eigenvalue weighted by atomic mass is 32.2. The molecule has 1 fully saturated rings. The molecule has 8 heteroatoms. The van der Waals surface area contributed by atoms with Gasteiger partial charge < -0.3 is 9.64 Å². The molecular weight excluding hydrogens is 383 g/mol. The minimum absolute atomic E-state index is 0.0261. The molecule has 0 spiro atoms. The molecule has 0 saturated carbocycles. The van der Waals surface area contributed by atoms with E-state index >= 15 is 0 Å². The third kappa shape index (κ3) is 4.34. The van der Waals surface area contributed by atoms with Gasteiger partial charge in [0.25, 0.3) is 0 Å². The van der Waals surface area contributed by atoms with Crippen LogP contribution in [0.15, 0.2) is 47.4 Å². The number of benzene rings is 2. The molecule has 0 amide bonds. The van der Waals surface area contributed by atoms with E-state index in [2.05, 4.69) is 0 Å². The molecule has 1 heterocycles. The van der Waals surface area contributed by atoms with Gasteiger partial charge in [-0.3, -0.25) is 0 Å². The first-order valence-corrected chi connectivity index (χ1v) is 10.5. The Hall–Kier alpha value is -2.45. The van der Waals surface area contributed by atoms with Gasteiger partial charge in [0.05, 0.1) is 16.1 Å². The summed E-state index contributed by atoms with van der Waals surface area (Å²) in [6, 6.07) is 10.3. The molecular formula is C20H23FN2O4S. The van der Waals surface area contributed by atoms with Crippen molar-refractivity contribution in [2.45, 2.75) is 24.3 Å². The van der Waals surface area contributed by atoms with Crippen molar-refractivity contribution in [3.63, 3.8) is 0 Å². The number of rotatable bonds is 6. The number of hydrogen-bond acceptors (Lipinski definition) is 5. The SMILES string of the molecule is CN(C)S(=O)(=O)c1ccc(N2CCCC2)c(C(=O)OCc2cccc(F)c2)c1. The Morgan fingerprint density at radius 2 is 1.86 bits per heavy atom. The van der Waals surface area contributed by atoms with Crippen LogP contribution in [0.3, 0.4) is 0 Å². The molecule has 2 aromatic rings. The lowest BCUT2D eigenvalue weighted by atomic mass is 10.1. The average Bonchev–Trinajstić information content (AvgIpc) is 3.20. The number of ether oxygens (including phenoxy) is 1. The Kier molecular flexibility index (Phi) is 6.00. The zero-order valence-corrected chi connectivity index (χ0v) is 16.7. The fraction of sp³-hybridized carbons (Fsp3) is 0.350. The number of sulfonamides is 1. The van der Waals surface area contributed by atoms with Crippen LogP contribution >= 0.6 is 0 Å². The monoisotopic (exact) mass is 406 g/mol. The van der Waals surface area contributed by atoms with E-state index in [1.54, 1.807) is 18.2 Å². The highest BCUT2D eigenvalue weighted by molar-refractivity contribution is 7.89. The molecule has 0 atom stereocenters. The van der Waals surface area contributed by atoms with Crippen molar-refractivity contribution in [3.8, 4) is 0 Å². The molecule has 150 valence electrons. The number of carbonyl (C=O) groups is 1. The summed E-state index contributed by atoms with van der Waals surface area (Å²) in [6.45, 7) is 1.49. The molecule has 0 unspecified atom stereocenters. The second-order valence-electron chi connectivity index (χ2n) is 6.87. The lowest BCUT2D eigenvalue weighted by Gasteiger charge is -2.22. The number of esters is 1. The molecule has 0 N–H and O–H groups in total. The van der Waals surface area contributed by atoms with Crippen LogP contribution in [0.4, 0.5) is 10.1 Å². The van der Waals surface area contributed by atoms with Crippen LogP contribution in [0.25, 0.3) is 0 Å². The maximum atomic E-state index is 13.3. The van der Waals surface area contributed by atoms with Gasteiger partial charge in [-0.2, -0.15) is 0 Å². The van der Waals surface area contributed by atoms with Gasteiger partial charge >= 0.3 is 5.97 Å². The van der Waals surface area contributed by atoms with E-state index in [1.807, 2.05) is 4.90 Å². The minimum atomic E-state index is -3.69. The zero-order valence-electron chi connectivity index (χ0n) is 15.9. The smallest absolute Gasteiger partial charge is 0.340 e. The summed E-state index contributed by atoms with van der Waals surface area (Å²) in [7, 11) is -0.816. The van der Waals surface area contributed by atoms with Crippen LogP contribution in [0, 0.1) is 5.82 Å². The van der Waals surface area contributed by atoms with Gasteiger partial charge in [0.15, 0.2) is 0 Å². The summed E-state index contributed by atoms with van der Waals surface area (Å²) in [6.07, 6.45) is 2.02. The average molecular weight is 406 g/mol. The molecule has 28 heavy (non-hydrogen) atoms. The molecule has 2 aromatic carbocycles. The first-order valence-electron chi connectivity index (χ1n) is 9.02. The Balaban J connectivity index is 1.92. The van der Waals surface area contributed by atoms with Crippen LogP contribution in [-0.4, -0.2) is 45.9 Å². The maximum absolute atomic E-state index is 13.3. The fourth-order valence-corrected chi connectivity index (χ4v) is 4.07. The van der Waals surface area contributed by atoms with E-state index in [0.29, 0.717) is 11.3 Å². The second kappa shape index (κ2) is 8.28. The van der Waals surface area contributed by atoms with Gasteiger partial charge in [-0.15, -0.1) is 0 Å². The quantitative estimate of drug-likeness (QED) is 0.690. The first kappa shape index (κ1) is 20.3. The fourth-order valence-electron chi connectivity index (χ4n) is 3.14. The molecule has 1 saturated heterocycles. The molecule has 0 aromatic heterocycles. The number of carbonyl (C=O) groups excluding carboxylic acids is 1. The molecule has 1 aliphatic heterocycles. The van der Waals surface area contributed by atoms with E-state index in [9.17, 15) is 17.6 Å². The van der Waals surface area contributed by atoms with Gasteiger partial charge in [0.2, 0.25) is 10.0 Å². The summed E-state index contributed by atoms with van der Waals surface area (Å²) in [5, 5.41) is 0. The van der Waals surface area contributed by atoms with E-state index in [0.717, 1.165) is 30.2 Å². The number of anilines is 1. The predicted molar refractivity (Wildman–Crippen MR) is 104 cm³/mol. The zero-order chi connectivity index (χ0) is 20.3. The summed E-state index contributed by atoms with van der Waals surface area (Å²) < 4.78 is 44.7. The van der Waals surface area contributed by atoms with Gasteiger partial charge in [-0.1, -0.05) is 12.1 Å².